The molecule has 7 heteroatoms. The number of hydrogen-bond acceptors (Lipinski definition) is 7. The molecule has 2 rings (SSSR count). The molecule has 19 heavy (non-hydrogen) atoms. The lowest BCUT2D eigenvalue weighted by Gasteiger charge is -2.18. The van der Waals surface area contributed by atoms with Crippen LogP contribution in [0.4, 0.5) is 17.8 Å². The molecule has 0 spiro atoms. The molecule has 0 amide bonds. The number of hydrogen-bond donors (Lipinski definition) is 1. The zero-order chi connectivity index (χ0) is 14.0. The van der Waals surface area contributed by atoms with Crippen molar-refractivity contribution in [2.24, 2.45) is 0 Å². The van der Waals surface area contributed by atoms with Gasteiger partial charge in [-0.3, -0.25) is 0 Å². The van der Waals surface area contributed by atoms with Gasteiger partial charge in [-0.15, -0.1) is 0 Å². The van der Waals surface area contributed by atoms with Crippen molar-refractivity contribution in [3.05, 3.63) is 23.7 Å². The molecule has 2 heterocycles. The van der Waals surface area contributed by atoms with Crippen molar-refractivity contribution in [3.8, 4) is 0 Å². The molecule has 2 aromatic rings. The van der Waals surface area contributed by atoms with Gasteiger partial charge in [-0.25, -0.2) is 0 Å². The van der Waals surface area contributed by atoms with Gasteiger partial charge in [0.2, 0.25) is 17.8 Å². The number of anilines is 3. The Morgan fingerprint density at radius 2 is 1.79 bits per heavy atom. The summed E-state index contributed by atoms with van der Waals surface area (Å²) >= 11 is 0. The van der Waals surface area contributed by atoms with E-state index < -0.39 is 0 Å². The van der Waals surface area contributed by atoms with Crippen molar-refractivity contribution in [3.63, 3.8) is 0 Å². The van der Waals surface area contributed by atoms with Crippen LogP contribution in [0.1, 0.15) is 11.5 Å². The molecule has 102 valence electrons. The van der Waals surface area contributed by atoms with Gasteiger partial charge in [-0.1, -0.05) is 0 Å². The topological polar surface area (TPSA) is 84.3 Å². The van der Waals surface area contributed by atoms with Crippen molar-refractivity contribution in [2.75, 3.05) is 36.7 Å². The lowest BCUT2D eigenvalue weighted by Crippen LogP contribution is -2.22. The van der Waals surface area contributed by atoms with E-state index in [1.165, 1.54) is 0 Å². The maximum atomic E-state index is 5.69. The third kappa shape index (κ3) is 3.12. The van der Waals surface area contributed by atoms with E-state index in [1.54, 1.807) is 4.90 Å². The summed E-state index contributed by atoms with van der Waals surface area (Å²) in [6.45, 7) is 2.48. The Morgan fingerprint density at radius 3 is 2.37 bits per heavy atom. The molecule has 2 aromatic heterocycles. The van der Waals surface area contributed by atoms with Crippen molar-refractivity contribution >= 4 is 17.8 Å². The predicted octanol–water partition coefficient (Wildman–Crippen LogP) is 1.06. The van der Waals surface area contributed by atoms with Gasteiger partial charge >= 0.3 is 0 Å². The quantitative estimate of drug-likeness (QED) is 0.881. The second kappa shape index (κ2) is 5.13. The highest BCUT2D eigenvalue weighted by atomic mass is 16.3. The summed E-state index contributed by atoms with van der Waals surface area (Å²) < 4.78 is 5.53. The fraction of sp³-hybridized carbons (Fsp3) is 0.417. The Morgan fingerprint density at radius 1 is 1.11 bits per heavy atom. The molecule has 0 unspecified atom stereocenters. The molecule has 0 aliphatic heterocycles. The maximum absolute atomic E-state index is 5.69. The third-order valence-corrected chi connectivity index (χ3v) is 2.56. The Hall–Kier alpha value is -2.31. The first-order valence-electron chi connectivity index (χ1n) is 5.91. The fourth-order valence-electron chi connectivity index (χ4n) is 1.61. The number of aromatic nitrogens is 3. The zero-order valence-electron chi connectivity index (χ0n) is 11.6. The van der Waals surface area contributed by atoms with Crippen LogP contribution in [0, 0.1) is 6.92 Å². The van der Waals surface area contributed by atoms with Crippen molar-refractivity contribution < 1.29 is 4.42 Å². The minimum Gasteiger partial charge on any atom is -0.464 e. The lowest BCUT2D eigenvalue weighted by atomic mass is 10.4. The first-order valence-corrected chi connectivity index (χ1v) is 5.91. The van der Waals surface area contributed by atoms with Crippen LogP contribution in [0.5, 0.6) is 0 Å². The summed E-state index contributed by atoms with van der Waals surface area (Å²) in [4.78, 5) is 16.2. The first-order chi connectivity index (χ1) is 8.95. The molecular weight excluding hydrogens is 244 g/mol. The van der Waals surface area contributed by atoms with Crippen LogP contribution in [0.2, 0.25) is 0 Å². The molecule has 0 aliphatic rings. The molecule has 0 saturated carbocycles. The Balaban J connectivity index is 2.20. The third-order valence-electron chi connectivity index (χ3n) is 2.56. The maximum Gasteiger partial charge on any atom is 0.232 e. The Kier molecular flexibility index (Phi) is 3.55. The van der Waals surface area contributed by atoms with Crippen molar-refractivity contribution in [1.29, 1.82) is 0 Å². The predicted molar refractivity (Wildman–Crippen MR) is 74.1 cm³/mol. The van der Waals surface area contributed by atoms with Crippen molar-refractivity contribution in [1.82, 2.24) is 15.0 Å². The van der Waals surface area contributed by atoms with E-state index in [4.69, 9.17) is 10.2 Å². The number of aryl methyl sites for hydroxylation is 1. The summed E-state index contributed by atoms with van der Waals surface area (Å²) in [5, 5.41) is 0. The molecule has 0 fully saturated rings. The van der Waals surface area contributed by atoms with Gasteiger partial charge in [0.15, 0.2) is 0 Å². The number of nitrogens with zero attached hydrogens (tertiary/aromatic N) is 5. The van der Waals surface area contributed by atoms with Gasteiger partial charge in [0, 0.05) is 21.1 Å². The first kappa shape index (κ1) is 13.1. The summed E-state index contributed by atoms with van der Waals surface area (Å²) in [6.07, 6.45) is 0. The molecule has 0 aliphatic carbocycles. The number of nitrogen functional groups attached to an aromatic ring is 1. The Bertz CT molecular complexity index is 565. The number of nitrogens with two attached hydrogens (primary N) is 1. The fourth-order valence-corrected chi connectivity index (χ4v) is 1.61. The molecule has 0 radical (unpaired) electrons. The average Bonchev–Trinajstić information content (AvgIpc) is 2.73. The van der Waals surface area contributed by atoms with Crippen LogP contribution >= 0.6 is 0 Å². The van der Waals surface area contributed by atoms with E-state index in [0.29, 0.717) is 18.4 Å². The van der Waals surface area contributed by atoms with Gasteiger partial charge in [0.25, 0.3) is 0 Å². The molecule has 0 aromatic carbocycles. The summed E-state index contributed by atoms with van der Waals surface area (Å²) in [5.41, 5.74) is 5.69. The molecule has 0 bridgehead atoms. The van der Waals surface area contributed by atoms with Gasteiger partial charge in [0.05, 0.1) is 6.54 Å². The molecule has 2 N–H and O–H groups in total. The van der Waals surface area contributed by atoms with Gasteiger partial charge in [-0.05, 0) is 19.1 Å². The summed E-state index contributed by atoms with van der Waals surface area (Å²) in [7, 11) is 5.59. The van der Waals surface area contributed by atoms with Crippen molar-refractivity contribution in [2.45, 2.75) is 13.5 Å². The lowest BCUT2D eigenvalue weighted by molar-refractivity contribution is 0.480. The highest BCUT2D eigenvalue weighted by Gasteiger charge is 2.12. The molecule has 0 atom stereocenters. The minimum absolute atomic E-state index is 0.205. The summed E-state index contributed by atoms with van der Waals surface area (Å²) in [5.74, 6) is 2.99. The smallest absolute Gasteiger partial charge is 0.232 e. The average molecular weight is 262 g/mol. The second-order valence-electron chi connectivity index (χ2n) is 4.56. The van der Waals surface area contributed by atoms with Crippen LogP contribution in [-0.4, -0.2) is 36.1 Å². The highest BCUT2D eigenvalue weighted by Crippen LogP contribution is 2.16. The largest absolute Gasteiger partial charge is 0.464 e. The summed E-state index contributed by atoms with van der Waals surface area (Å²) in [6, 6.07) is 3.86. The molecule has 0 saturated heterocycles. The highest BCUT2D eigenvalue weighted by molar-refractivity contribution is 5.42. The van der Waals surface area contributed by atoms with E-state index in [2.05, 4.69) is 15.0 Å². The van der Waals surface area contributed by atoms with E-state index in [-0.39, 0.29) is 5.95 Å². The second-order valence-corrected chi connectivity index (χ2v) is 4.56. The van der Waals surface area contributed by atoms with E-state index in [9.17, 15) is 0 Å². The van der Waals surface area contributed by atoms with Gasteiger partial charge < -0.3 is 20.0 Å². The van der Waals surface area contributed by atoms with Crippen LogP contribution in [-0.2, 0) is 6.54 Å². The van der Waals surface area contributed by atoms with E-state index in [1.807, 2.05) is 45.1 Å². The van der Waals surface area contributed by atoms with Crippen LogP contribution in [0.3, 0.4) is 0 Å². The normalized spacial score (nSPS) is 10.5. The Labute approximate surface area is 112 Å². The van der Waals surface area contributed by atoms with E-state index >= 15 is 0 Å². The number of furan rings is 1. The standard InChI is InChI=1S/C12H18N6O/c1-8-5-6-9(19-8)7-18(4)12-15-10(13)14-11(16-12)17(2)3/h5-6H,7H2,1-4H3,(H2,13,14,15,16). The monoisotopic (exact) mass is 262 g/mol. The SMILES string of the molecule is Cc1ccc(CN(C)c2nc(N)nc(N(C)C)n2)o1. The van der Waals surface area contributed by atoms with E-state index in [0.717, 1.165) is 11.5 Å². The number of rotatable bonds is 4. The van der Waals surface area contributed by atoms with Crippen LogP contribution in [0.15, 0.2) is 16.5 Å². The molecule has 7 nitrogen and oxygen atoms in total. The minimum atomic E-state index is 0.205. The molecular formula is C12H18N6O. The van der Waals surface area contributed by atoms with Gasteiger partial charge in [0.1, 0.15) is 11.5 Å². The van der Waals surface area contributed by atoms with Crippen LogP contribution in [0.25, 0.3) is 0 Å². The van der Waals surface area contributed by atoms with Crippen LogP contribution < -0.4 is 15.5 Å². The van der Waals surface area contributed by atoms with Gasteiger partial charge in [-0.2, -0.15) is 15.0 Å². The zero-order valence-corrected chi connectivity index (χ0v) is 11.6.